The largest absolute Gasteiger partial charge is 0.504 e. The molecular formula is C17H20O7. The van der Waals surface area contributed by atoms with Gasteiger partial charge < -0.3 is 25.2 Å². The summed E-state index contributed by atoms with van der Waals surface area (Å²) >= 11 is 0. The van der Waals surface area contributed by atoms with E-state index in [0.29, 0.717) is 12.8 Å². The van der Waals surface area contributed by atoms with Crippen LogP contribution in [0, 0.1) is 17.3 Å². The third-order valence-electron chi connectivity index (χ3n) is 5.79. The van der Waals surface area contributed by atoms with Gasteiger partial charge in [0.1, 0.15) is 12.4 Å². The summed E-state index contributed by atoms with van der Waals surface area (Å²) in [5.41, 5.74) is -2.04. The van der Waals surface area contributed by atoms with Gasteiger partial charge in [0.05, 0.1) is 11.2 Å². The molecule has 3 aliphatic rings. The molecule has 0 unspecified atom stereocenters. The molecule has 2 bridgehead atoms. The molecule has 7 heteroatoms. The zero-order valence-corrected chi connectivity index (χ0v) is 13.4. The molecule has 3 aliphatic carbocycles. The van der Waals surface area contributed by atoms with E-state index in [1.807, 2.05) is 6.92 Å². The number of aliphatic hydroxyl groups is 1. The predicted molar refractivity (Wildman–Crippen MR) is 81.7 cm³/mol. The molecule has 0 aliphatic heterocycles. The molecular weight excluding hydrogens is 316 g/mol. The number of esters is 1. The second-order valence-corrected chi connectivity index (χ2v) is 7.11. The first kappa shape index (κ1) is 16.6. The topological polar surface area (TPSA) is 124 Å². The Morgan fingerprint density at radius 2 is 1.88 bits per heavy atom. The Kier molecular flexibility index (Phi) is 3.53. The van der Waals surface area contributed by atoms with E-state index in [2.05, 4.69) is 0 Å². The number of phenols is 3. The standard InChI is InChI=1S/C17H20O7/c1-8-3-11(18)10-6-17(8,23)16(10,2)7-24-15(22)9-4-12(19)14(21)13(20)5-9/h4-5,8,10,19-21,23H,3,6-7H2,1-2H3/t8-,10+,16-,17+/m1/s1. The van der Waals surface area contributed by atoms with Crippen molar-refractivity contribution in [2.24, 2.45) is 17.3 Å². The maximum Gasteiger partial charge on any atom is 0.338 e. The minimum atomic E-state index is -1.05. The zero-order valence-electron chi connectivity index (χ0n) is 13.4. The maximum absolute atomic E-state index is 12.1. The lowest BCUT2D eigenvalue weighted by Crippen LogP contribution is -2.72. The highest BCUT2D eigenvalue weighted by Crippen LogP contribution is 2.62. The van der Waals surface area contributed by atoms with Crippen molar-refractivity contribution in [3.05, 3.63) is 17.7 Å². The Morgan fingerprint density at radius 3 is 2.42 bits per heavy atom. The molecule has 1 aromatic carbocycles. The van der Waals surface area contributed by atoms with Crippen molar-refractivity contribution >= 4 is 11.8 Å². The molecule has 130 valence electrons. The van der Waals surface area contributed by atoms with Crippen LogP contribution in [0.25, 0.3) is 0 Å². The molecule has 0 radical (unpaired) electrons. The van der Waals surface area contributed by atoms with E-state index in [1.165, 1.54) is 0 Å². The minimum Gasteiger partial charge on any atom is -0.504 e. The SMILES string of the molecule is C[C@@H]1CC(=O)[C@@H]2C[C@@]1(O)[C@]2(C)COC(=O)c1cc(O)c(O)c(O)c1. The number of fused-ring (bicyclic) bond motifs is 2. The van der Waals surface area contributed by atoms with Crippen LogP contribution in [0.4, 0.5) is 0 Å². The second-order valence-electron chi connectivity index (χ2n) is 7.11. The lowest BCUT2D eigenvalue weighted by molar-refractivity contribution is -0.258. The number of hydrogen-bond donors (Lipinski definition) is 4. The van der Waals surface area contributed by atoms with E-state index in [4.69, 9.17) is 4.74 Å². The first-order valence-corrected chi connectivity index (χ1v) is 7.77. The molecule has 4 atom stereocenters. The number of phenolic OH excluding ortho intramolecular Hbond substituents is 3. The van der Waals surface area contributed by atoms with Crippen molar-refractivity contribution in [1.82, 2.24) is 0 Å². The molecule has 0 saturated heterocycles. The van der Waals surface area contributed by atoms with E-state index < -0.39 is 34.2 Å². The molecule has 7 nitrogen and oxygen atoms in total. The summed E-state index contributed by atoms with van der Waals surface area (Å²) in [6.45, 7) is 3.39. The van der Waals surface area contributed by atoms with Crippen LogP contribution in [0.2, 0.25) is 0 Å². The van der Waals surface area contributed by atoms with Gasteiger partial charge in [-0.2, -0.15) is 0 Å². The summed E-state index contributed by atoms with van der Waals surface area (Å²) in [6.07, 6.45) is 0.701. The number of rotatable bonds is 3. The number of ketones is 1. The Balaban J connectivity index is 1.76. The van der Waals surface area contributed by atoms with Crippen molar-refractivity contribution in [2.75, 3.05) is 6.61 Å². The fraction of sp³-hybridized carbons (Fsp3) is 0.529. The van der Waals surface area contributed by atoms with E-state index in [1.54, 1.807) is 6.92 Å². The fourth-order valence-corrected chi connectivity index (χ4v) is 4.03. The molecule has 4 rings (SSSR count). The van der Waals surface area contributed by atoms with Crippen LogP contribution in [-0.2, 0) is 9.53 Å². The molecule has 4 N–H and O–H groups in total. The first-order chi connectivity index (χ1) is 11.1. The van der Waals surface area contributed by atoms with Gasteiger partial charge in [0.2, 0.25) is 0 Å². The van der Waals surface area contributed by atoms with Gasteiger partial charge in [-0.1, -0.05) is 13.8 Å². The van der Waals surface area contributed by atoms with Gasteiger partial charge >= 0.3 is 5.97 Å². The summed E-state index contributed by atoms with van der Waals surface area (Å²) in [6, 6.07) is 1.95. The third kappa shape index (κ3) is 2.07. The van der Waals surface area contributed by atoms with Gasteiger partial charge in [-0.15, -0.1) is 0 Å². The van der Waals surface area contributed by atoms with Crippen molar-refractivity contribution in [1.29, 1.82) is 0 Å². The smallest absolute Gasteiger partial charge is 0.338 e. The highest BCUT2D eigenvalue weighted by atomic mass is 16.5. The molecule has 3 saturated carbocycles. The number of carbonyl (C=O) groups excluding carboxylic acids is 2. The van der Waals surface area contributed by atoms with Crippen molar-refractivity contribution < 1.29 is 34.8 Å². The van der Waals surface area contributed by atoms with Crippen LogP contribution in [0.1, 0.15) is 37.0 Å². The Bertz CT molecular complexity index is 705. The Labute approximate surface area is 138 Å². The number of aromatic hydroxyl groups is 3. The van der Waals surface area contributed by atoms with Crippen LogP contribution in [0.5, 0.6) is 17.2 Å². The highest BCUT2D eigenvalue weighted by Gasteiger charge is 2.70. The molecule has 0 heterocycles. The Morgan fingerprint density at radius 1 is 1.29 bits per heavy atom. The summed E-state index contributed by atoms with van der Waals surface area (Å²) < 4.78 is 5.23. The molecule has 1 aromatic rings. The van der Waals surface area contributed by atoms with Crippen molar-refractivity contribution in [3.8, 4) is 17.2 Å². The normalized spacial score (nSPS) is 34.5. The number of benzene rings is 1. The van der Waals surface area contributed by atoms with E-state index >= 15 is 0 Å². The average Bonchev–Trinajstić information content (AvgIpc) is 2.52. The monoisotopic (exact) mass is 336 g/mol. The maximum atomic E-state index is 12.1. The quantitative estimate of drug-likeness (QED) is 0.485. The van der Waals surface area contributed by atoms with Gasteiger partial charge in [-0.3, -0.25) is 4.79 Å². The lowest BCUT2D eigenvalue weighted by Gasteiger charge is -2.64. The molecule has 0 spiro atoms. The summed E-state index contributed by atoms with van der Waals surface area (Å²) in [4.78, 5) is 24.2. The first-order valence-electron chi connectivity index (χ1n) is 7.77. The zero-order chi connectivity index (χ0) is 17.9. The Hall–Kier alpha value is -2.28. The molecule has 3 fully saturated rings. The summed E-state index contributed by atoms with van der Waals surface area (Å²) in [5.74, 6) is -3.31. The average molecular weight is 336 g/mol. The van der Waals surface area contributed by atoms with Crippen LogP contribution < -0.4 is 0 Å². The van der Waals surface area contributed by atoms with Gasteiger partial charge in [-0.25, -0.2) is 4.79 Å². The van der Waals surface area contributed by atoms with Crippen LogP contribution in [0.3, 0.4) is 0 Å². The van der Waals surface area contributed by atoms with Gasteiger partial charge in [0.25, 0.3) is 0 Å². The summed E-state index contributed by atoms with van der Waals surface area (Å²) in [7, 11) is 0. The third-order valence-corrected chi connectivity index (χ3v) is 5.79. The van der Waals surface area contributed by atoms with E-state index in [-0.39, 0.29) is 29.8 Å². The van der Waals surface area contributed by atoms with Crippen molar-refractivity contribution in [3.63, 3.8) is 0 Å². The minimum absolute atomic E-state index is 0.0666. The van der Waals surface area contributed by atoms with Crippen molar-refractivity contribution in [2.45, 2.75) is 32.3 Å². The van der Waals surface area contributed by atoms with Gasteiger partial charge in [0, 0.05) is 17.8 Å². The summed E-state index contributed by atoms with van der Waals surface area (Å²) in [5, 5.41) is 39.0. The molecule has 0 aromatic heterocycles. The predicted octanol–water partition coefficient (Wildman–Crippen LogP) is 1.33. The number of ether oxygens (including phenoxy) is 1. The van der Waals surface area contributed by atoms with E-state index in [0.717, 1.165) is 12.1 Å². The van der Waals surface area contributed by atoms with Gasteiger partial charge in [-0.05, 0) is 24.5 Å². The number of hydrogen-bond acceptors (Lipinski definition) is 7. The van der Waals surface area contributed by atoms with Crippen LogP contribution in [0.15, 0.2) is 12.1 Å². The highest BCUT2D eigenvalue weighted by molar-refractivity contribution is 5.91. The molecule has 0 amide bonds. The van der Waals surface area contributed by atoms with Crippen LogP contribution >= 0.6 is 0 Å². The van der Waals surface area contributed by atoms with Crippen LogP contribution in [-0.4, -0.2) is 44.4 Å². The fourth-order valence-electron chi connectivity index (χ4n) is 4.03. The second kappa shape index (κ2) is 5.11. The number of Topliss-reactive ketones (excluding diaryl/α,β-unsaturated/α-hetero) is 1. The lowest BCUT2D eigenvalue weighted by atomic mass is 9.42. The van der Waals surface area contributed by atoms with Gasteiger partial charge in [0.15, 0.2) is 17.2 Å². The van der Waals surface area contributed by atoms with E-state index in [9.17, 15) is 30.0 Å². The number of carbonyl (C=O) groups is 2. The molecule has 24 heavy (non-hydrogen) atoms.